The number of hydrogen-bond donors (Lipinski definition) is 2. The molecule has 0 unspecified atom stereocenters. The van der Waals surface area contributed by atoms with Gasteiger partial charge in [-0.15, -0.1) is 11.3 Å². The van der Waals surface area contributed by atoms with E-state index in [4.69, 9.17) is 9.72 Å². The molecule has 38 heavy (non-hydrogen) atoms. The summed E-state index contributed by atoms with van der Waals surface area (Å²) in [5.74, 6) is 1.10. The summed E-state index contributed by atoms with van der Waals surface area (Å²) in [7, 11) is -1.59. The van der Waals surface area contributed by atoms with Crippen molar-refractivity contribution in [3.05, 3.63) is 41.2 Å². The Labute approximate surface area is 227 Å². The molecule has 11 heteroatoms. The van der Waals surface area contributed by atoms with Gasteiger partial charge in [0, 0.05) is 42.5 Å². The Morgan fingerprint density at radius 2 is 1.87 bits per heavy atom. The van der Waals surface area contributed by atoms with Crippen LogP contribution in [0.2, 0.25) is 0 Å². The number of benzene rings is 1. The highest BCUT2D eigenvalue weighted by atomic mass is 32.2. The van der Waals surface area contributed by atoms with Crippen LogP contribution in [0.25, 0.3) is 10.4 Å². The van der Waals surface area contributed by atoms with Crippen LogP contribution < -0.4 is 10.6 Å². The quantitative estimate of drug-likeness (QED) is 0.365. The number of hydrogen-bond acceptors (Lipinski definition) is 8. The third-order valence-corrected chi connectivity index (χ3v) is 10.5. The lowest BCUT2D eigenvalue weighted by molar-refractivity contribution is 0.109. The Kier molecular flexibility index (Phi) is 7.50. The summed E-state index contributed by atoms with van der Waals surface area (Å²) in [6.07, 6.45) is 6.28. The maximum absolute atomic E-state index is 13.5. The van der Waals surface area contributed by atoms with E-state index in [2.05, 4.69) is 15.7 Å². The number of sulfone groups is 1. The molecule has 0 spiro atoms. The van der Waals surface area contributed by atoms with E-state index in [9.17, 15) is 13.2 Å². The molecule has 2 aromatic heterocycles. The summed E-state index contributed by atoms with van der Waals surface area (Å²) in [6.45, 7) is 5.59. The summed E-state index contributed by atoms with van der Waals surface area (Å²) >= 11 is 1.57. The van der Waals surface area contributed by atoms with Crippen molar-refractivity contribution < 1.29 is 17.9 Å². The fourth-order valence-electron chi connectivity index (χ4n) is 4.97. The Balaban J connectivity index is 1.34. The van der Waals surface area contributed by atoms with Gasteiger partial charge in [-0.05, 0) is 71.4 Å². The number of nitrogens with zero attached hydrogens (tertiary/aromatic N) is 3. The van der Waals surface area contributed by atoms with Crippen LogP contribution in [0.15, 0.2) is 35.4 Å². The van der Waals surface area contributed by atoms with Gasteiger partial charge in [-0.25, -0.2) is 18.2 Å². The molecule has 2 N–H and O–H groups in total. The van der Waals surface area contributed by atoms with Crippen molar-refractivity contribution in [1.29, 1.82) is 0 Å². The highest BCUT2D eigenvalue weighted by Gasteiger charge is 2.39. The molecular weight excluding hydrogens is 522 g/mol. The van der Waals surface area contributed by atoms with Gasteiger partial charge in [-0.2, -0.15) is 5.10 Å². The molecule has 2 saturated carbocycles. The van der Waals surface area contributed by atoms with Gasteiger partial charge in [0.2, 0.25) is 0 Å². The zero-order chi connectivity index (χ0) is 27.0. The third-order valence-electron chi connectivity index (χ3n) is 7.06. The van der Waals surface area contributed by atoms with Crippen LogP contribution in [-0.2, 0) is 21.6 Å². The van der Waals surface area contributed by atoms with Crippen LogP contribution in [0.4, 0.5) is 16.3 Å². The average molecular weight is 558 g/mol. The second-order valence-corrected chi connectivity index (χ2v) is 13.8. The molecular formula is C27H35N5O4S2. The summed E-state index contributed by atoms with van der Waals surface area (Å²) < 4.78 is 33.9. The van der Waals surface area contributed by atoms with Crippen LogP contribution in [0.3, 0.4) is 0 Å². The van der Waals surface area contributed by atoms with E-state index < -0.39 is 9.84 Å². The Morgan fingerprint density at radius 1 is 1.13 bits per heavy atom. The molecule has 0 aliphatic heterocycles. The van der Waals surface area contributed by atoms with Crippen molar-refractivity contribution in [3.63, 3.8) is 0 Å². The molecule has 0 radical (unpaired) electrons. The Hall–Kier alpha value is -2.92. The third kappa shape index (κ3) is 5.88. The minimum absolute atomic E-state index is 0.107. The predicted octanol–water partition coefficient (Wildman–Crippen LogP) is 5.69. The number of rotatable bonds is 8. The Morgan fingerprint density at radius 3 is 2.50 bits per heavy atom. The second kappa shape index (κ2) is 10.7. The highest BCUT2D eigenvalue weighted by molar-refractivity contribution is 7.92. The fraction of sp³-hybridized carbons (Fsp3) is 0.519. The SMILES string of the molecule is Cc1cc(Nc2ccc(-c3cnc(C4CCC(NC(=O)OC(C)C)CC4)s3)c(S(=O)(=O)C3CC3)c2)n(C)n1. The fourth-order valence-corrected chi connectivity index (χ4v) is 8.06. The molecule has 0 atom stereocenters. The number of nitrogens with one attached hydrogen (secondary N) is 2. The van der Waals surface area contributed by atoms with Gasteiger partial charge in [0.15, 0.2) is 9.84 Å². The summed E-state index contributed by atoms with van der Waals surface area (Å²) in [4.78, 5) is 17.9. The molecule has 5 rings (SSSR count). The van der Waals surface area contributed by atoms with Gasteiger partial charge in [0.05, 0.1) is 31.8 Å². The molecule has 2 fully saturated rings. The molecule has 1 amide bonds. The van der Waals surface area contributed by atoms with Gasteiger partial charge in [0.1, 0.15) is 5.82 Å². The van der Waals surface area contributed by atoms with E-state index in [1.807, 2.05) is 52.2 Å². The van der Waals surface area contributed by atoms with Crippen molar-refractivity contribution in [2.75, 3.05) is 5.32 Å². The zero-order valence-electron chi connectivity index (χ0n) is 22.2. The first-order chi connectivity index (χ1) is 18.1. The summed E-state index contributed by atoms with van der Waals surface area (Å²) in [6, 6.07) is 7.58. The normalized spacial score (nSPS) is 19.9. The number of thiazole rings is 1. The summed E-state index contributed by atoms with van der Waals surface area (Å²) in [5, 5.41) is 11.3. The molecule has 0 saturated heterocycles. The monoisotopic (exact) mass is 557 g/mol. The average Bonchev–Trinajstić information content (AvgIpc) is 3.53. The van der Waals surface area contributed by atoms with Crippen molar-refractivity contribution in [2.24, 2.45) is 7.05 Å². The lowest BCUT2D eigenvalue weighted by Gasteiger charge is -2.28. The number of anilines is 2. The molecule has 2 aliphatic carbocycles. The van der Waals surface area contributed by atoms with E-state index in [0.29, 0.717) is 34.9 Å². The van der Waals surface area contributed by atoms with Gasteiger partial charge in [-0.1, -0.05) is 6.07 Å². The highest BCUT2D eigenvalue weighted by Crippen LogP contribution is 2.43. The zero-order valence-corrected chi connectivity index (χ0v) is 23.9. The van der Waals surface area contributed by atoms with Crippen LogP contribution in [0, 0.1) is 6.92 Å². The first-order valence-electron chi connectivity index (χ1n) is 13.2. The Bertz CT molecular complexity index is 1420. The minimum Gasteiger partial charge on any atom is -0.447 e. The maximum Gasteiger partial charge on any atom is 0.407 e. The number of ether oxygens (including phenoxy) is 1. The van der Waals surface area contributed by atoms with Gasteiger partial charge in [-0.3, -0.25) is 4.68 Å². The standard InChI is InChI=1S/C27H35N5O4S2/c1-16(2)36-27(33)30-19-7-5-18(6-8-19)26-28-15-23(37-26)22-12-9-20(29-25-13-17(3)31-32(25)4)14-24(22)38(34,35)21-10-11-21/h9,12-16,18-19,21,29H,5-8,10-11H2,1-4H3,(H,30,33). The molecule has 204 valence electrons. The van der Waals surface area contributed by atoms with E-state index >= 15 is 0 Å². The van der Waals surface area contributed by atoms with Crippen molar-refractivity contribution in [1.82, 2.24) is 20.1 Å². The van der Waals surface area contributed by atoms with E-state index in [-0.39, 0.29) is 23.5 Å². The lowest BCUT2D eigenvalue weighted by Crippen LogP contribution is -2.38. The van der Waals surface area contributed by atoms with E-state index in [0.717, 1.165) is 47.1 Å². The first-order valence-corrected chi connectivity index (χ1v) is 15.6. The minimum atomic E-state index is -3.44. The topological polar surface area (TPSA) is 115 Å². The number of aryl methyl sites for hydroxylation is 2. The smallest absolute Gasteiger partial charge is 0.407 e. The molecule has 9 nitrogen and oxygen atoms in total. The van der Waals surface area contributed by atoms with Crippen LogP contribution in [0.5, 0.6) is 0 Å². The number of carbonyl (C=O) groups excluding carboxylic acids is 1. The number of aromatic nitrogens is 3. The van der Waals surface area contributed by atoms with E-state index in [1.54, 1.807) is 22.1 Å². The molecule has 2 aliphatic rings. The maximum atomic E-state index is 13.5. The second-order valence-electron chi connectivity index (χ2n) is 10.6. The number of alkyl carbamates (subject to hydrolysis) is 1. The van der Waals surface area contributed by atoms with Gasteiger partial charge in [0.25, 0.3) is 0 Å². The predicted molar refractivity (Wildman–Crippen MR) is 149 cm³/mol. The number of carbonyl (C=O) groups is 1. The van der Waals surface area contributed by atoms with Crippen LogP contribution >= 0.6 is 11.3 Å². The molecule has 3 aromatic rings. The largest absolute Gasteiger partial charge is 0.447 e. The molecule has 2 heterocycles. The first kappa shape index (κ1) is 26.7. The summed E-state index contributed by atoms with van der Waals surface area (Å²) in [5.41, 5.74) is 2.30. The van der Waals surface area contributed by atoms with Crippen molar-refractivity contribution in [2.45, 2.75) is 87.5 Å². The molecule has 0 bridgehead atoms. The van der Waals surface area contributed by atoms with Gasteiger partial charge >= 0.3 is 6.09 Å². The van der Waals surface area contributed by atoms with E-state index in [1.165, 1.54) is 0 Å². The lowest BCUT2D eigenvalue weighted by atomic mass is 9.86. The van der Waals surface area contributed by atoms with Crippen LogP contribution in [0.1, 0.15) is 69.0 Å². The molecule has 1 aromatic carbocycles. The van der Waals surface area contributed by atoms with Gasteiger partial charge < -0.3 is 15.4 Å². The van der Waals surface area contributed by atoms with Crippen LogP contribution in [-0.4, -0.2) is 46.7 Å². The van der Waals surface area contributed by atoms with Crippen molar-refractivity contribution in [3.8, 4) is 10.4 Å². The number of amides is 1. The van der Waals surface area contributed by atoms with Crippen molar-refractivity contribution >= 4 is 38.8 Å².